The van der Waals surface area contributed by atoms with Crippen molar-refractivity contribution in [1.29, 1.82) is 0 Å². The minimum Gasteiger partial charge on any atom is -0.348 e. The zero-order valence-corrected chi connectivity index (χ0v) is 17.4. The predicted molar refractivity (Wildman–Crippen MR) is 112 cm³/mol. The summed E-state index contributed by atoms with van der Waals surface area (Å²) in [4.78, 5) is 24.4. The zero-order valence-electron chi connectivity index (χ0n) is 16.6. The Morgan fingerprint density at radius 1 is 1.20 bits per heavy atom. The molecule has 2 aromatic heterocycles. The second-order valence-electron chi connectivity index (χ2n) is 7.42. The van der Waals surface area contributed by atoms with E-state index in [0.717, 1.165) is 48.3 Å². The van der Waals surface area contributed by atoms with Gasteiger partial charge in [-0.1, -0.05) is 12.1 Å². The molecule has 1 aromatic carbocycles. The number of nitrogens with one attached hydrogen (secondary N) is 1. The molecule has 1 aliphatic rings. The smallest absolute Gasteiger partial charge is 0.263 e. The van der Waals surface area contributed by atoms with Gasteiger partial charge in [0.05, 0.1) is 11.4 Å². The highest BCUT2D eigenvalue weighted by molar-refractivity contribution is 7.17. The topological polar surface area (TPSA) is 58.1 Å². The van der Waals surface area contributed by atoms with Gasteiger partial charge >= 0.3 is 0 Å². The largest absolute Gasteiger partial charge is 0.348 e. The van der Waals surface area contributed by atoms with E-state index in [2.05, 4.69) is 20.2 Å². The number of hydrogen-bond donors (Lipinski definition) is 1. The van der Waals surface area contributed by atoms with E-state index in [4.69, 9.17) is 0 Å². The summed E-state index contributed by atoms with van der Waals surface area (Å²) in [6.07, 6.45) is 3.32. The third kappa shape index (κ3) is 4.71. The first kappa shape index (κ1) is 20.6. The molecule has 5 nitrogen and oxygen atoms in total. The fourth-order valence-electron chi connectivity index (χ4n) is 3.59. The molecule has 1 saturated heterocycles. The van der Waals surface area contributed by atoms with Crippen LogP contribution in [0.4, 0.5) is 8.78 Å². The van der Waals surface area contributed by atoms with Gasteiger partial charge in [0.25, 0.3) is 5.91 Å². The van der Waals surface area contributed by atoms with Crippen molar-refractivity contribution in [2.75, 3.05) is 13.1 Å². The van der Waals surface area contributed by atoms with Crippen LogP contribution >= 0.6 is 11.3 Å². The molecule has 0 unspecified atom stereocenters. The first-order valence-corrected chi connectivity index (χ1v) is 10.7. The zero-order chi connectivity index (χ0) is 21.1. The summed E-state index contributed by atoms with van der Waals surface area (Å²) in [6, 6.07) is 9.71. The molecule has 0 aliphatic carbocycles. The van der Waals surface area contributed by atoms with Gasteiger partial charge in [0.2, 0.25) is 0 Å². The maximum Gasteiger partial charge on any atom is 0.263 e. The monoisotopic (exact) mass is 428 g/mol. The van der Waals surface area contributed by atoms with Crippen molar-refractivity contribution < 1.29 is 13.6 Å². The van der Waals surface area contributed by atoms with Crippen LogP contribution in [0.1, 0.15) is 33.8 Å². The number of nitrogens with zero attached hydrogens (tertiary/aromatic N) is 3. The number of halogens is 2. The van der Waals surface area contributed by atoms with Gasteiger partial charge in [0.1, 0.15) is 9.88 Å². The number of aryl methyl sites for hydroxylation is 1. The third-order valence-corrected chi connectivity index (χ3v) is 6.38. The van der Waals surface area contributed by atoms with Crippen LogP contribution in [0, 0.1) is 18.6 Å². The fraction of sp³-hybridized carbons (Fsp3) is 0.318. The molecule has 1 aliphatic heterocycles. The van der Waals surface area contributed by atoms with E-state index in [0.29, 0.717) is 17.1 Å². The van der Waals surface area contributed by atoms with Gasteiger partial charge in [0, 0.05) is 31.9 Å². The van der Waals surface area contributed by atoms with Gasteiger partial charge in [-0.05, 0) is 49.6 Å². The number of carbonyl (C=O) groups excluding carboxylic acids is 1. The predicted octanol–water partition coefficient (Wildman–Crippen LogP) is 4.19. The number of piperidine rings is 1. The standard InChI is InChI=1S/C22H22F2N4OS/c1-14-20(30-22(26-14)19-4-2-3-9-25-19)21(29)27-16-7-10-28(11-8-16)13-15-5-6-17(23)18(24)12-15/h2-6,9,12,16H,7-8,10-11,13H2,1H3,(H,27,29). The summed E-state index contributed by atoms with van der Waals surface area (Å²) in [5, 5.41) is 3.85. The quantitative estimate of drug-likeness (QED) is 0.662. The molecule has 0 radical (unpaired) electrons. The molecule has 0 bridgehead atoms. The Morgan fingerprint density at radius 3 is 2.70 bits per heavy atom. The molecule has 3 aromatic rings. The molecule has 156 valence electrons. The second-order valence-corrected chi connectivity index (χ2v) is 8.42. The number of aromatic nitrogens is 2. The van der Waals surface area contributed by atoms with E-state index >= 15 is 0 Å². The molecular formula is C22H22F2N4OS. The molecule has 30 heavy (non-hydrogen) atoms. The summed E-state index contributed by atoms with van der Waals surface area (Å²) in [7, 11) is 0. The highest BCUT2D eigenvalue weighted by atomic mass is 32.1. The summed E-state index contributed by atoms with van der Waals surface area (Å²) in [5.41, 5.74) is 2.21. The molecule has 1 fully saturated rings. The van der Waals surface area contributed by atoms with Crippen LogP contribution in [0.2, 0.25) is 0 Å². The maximum atomic E-state index is 13.4. The molecule has 1 N–H and O–H groups in total. The lowest BCUT2D eigenvalue weighted by Gasteiger charge is -2.32. The van der Waals surface area contributed by atoms with Crippen molar-refractivity contribution in [3.63, 3.8) is 0 Å². The third-order valence-electron chi connectivity index (χ3n) is 5.20. The van der Waals surface area contributed by atoms with Gasteiger partial charge in [-0.2, -0.15) is 0 Å². The SMILES string of the molecule is Cc1nc(-c2ccccn2)sc1C(=O)NC1CCN(Cc2ccc(F)c(F)c2)CC1. The number of amides is 1. The number of rotatable bonds is 5. The fourth-order valence-corrected chi connectivity index (χ4v) is 4.53. The van der Waals surface area contributed by atoms with Crippen molar-refractivity contribution >= 4 is 17.2 Å². The Hall–Kier alpha value is -2.71. The number of benzene rings is 1. The minimum atomic E-state index is -0.829. The van der Waals surface area contributed by atoms with E-state index in [-0.39, 0.29) is 11.9 Å². The van der Waals surface area contributed by atoms with Crippen molar-refractivity contribution in [3.05, 3.63) is 70.4 Å². The van der Waals surface area contributed by atoms with Crippen molar-refractivity contribution in [1.82, 2.24) is 20.2 Å². The first-order valence-electron chi connectivity index (χ1n) is 9.85. The lowest BCUT2D eigenvalue weighted by molar-refractivity contribution is 0.0912. The van der Waals surface area contributed by atoms with Gasteiger partial charge in [-0.25, -0.2) is 13.8 Å². The number of thiazole rings is 1. The number of carbonyl (C=O) groups is 1. The molecule has 3 heterocycles. The van der Waals surface area contributed by atoms with E-state index in [9.17, 15) is 13.6 Å². The van der Waals surface area contributed by atoms with Gasteiger partial charge in [-0.15, -0.1) is 11.3 Å². The van der Waals surface area contributed by atoms with Crippen LogP contribution in [-0.4, -0.2) is 39.9 Å². The van der Waals surface area contributed by atoms with Crippen molar-refractivity contribution in [2.24, 2.45) is 0 Å². The molecule has 1 amide bonds. The van der Waals surface area contributed by atoms with E-state index in [1.54, 1.807) is 12.3 Å². The average Bonchev–Trinajstić information content (AvgIpc) is 3.15. The van der Waals surface area contributed by atoms with Crippen LogP contribution < -0.4 is 5.32 Å². The Bertz CT molecular complexity index is 1030. The Morgan fingerprint density at radius 2 is 2.00 bits per heavy atom. The summed E-state index contributed by atoms with van der Waals surface area (Å²) < 4.78 is 26.5. The summed E-state index contributed by atoms with van der Waals surface area (Å²) in [5.74, 6) is -1.75. The van der Waals surface area contributed by atoms with Crippen molar-refractivity contribution in [2.45, 2.75) is 32.4 Å². The first-order chi connectivity index (χ1) is 14.5. The van der Waals surface area contributed by atoms with Crippen LogP contribution in [0.15, 0.2) is 42.6 Å². The molecular weight excluding hydrogens is 406 g/mol. The number of hydrogen-bond acceptors (Lipinski definition) is 5. The van der Waals surface area contributed by atoms with Crippen LogP contribution in [0.25, 0.3) is 10.7 Å². The normalized spacial score (nSPS) is 15.3. The van der Waals surface area contributed by atoms with Gasteiger partial charge < -0.3 is 5.32 Å². The molecule has 0 spiro atoms. The maximum absolute atomic E-state index is 13.4. The highest BCUT2D eigenvalue weighted by Crippen LogP contribution is 2.26. The molecule has 4 rings (SSSR count). The molecule has 0 saturated carbocycles. The lowest BCUT2D eigenvalue weighted by Crippen LogP contribution is -2.44. The minimum absolute atomic E-state index is 0.0819. The van der Waals surface area contributed by atoms with Gasteiger partial charge in [-0.3, -0.25) is 14.7 Å². The second kappa shape index (κ2) is 8.97. The van der Waals surface area contributed by atoms with E-state index in [1.165, 1.54) is 17.4 Å². The van der Waals surface area contributed by atoms with Gasteiger partial charge in [0.15, 0.2) is 11.6 Å². The molecule has 8 heteroatoms. The van der Waals surface area contributed by atoms with Crippen molar-refractivity contribution in [3.8, 4) is 10.7 Å². The average molecular weight is 429 g/mol. The summed E-state index contributed by atoms with van der Waals surface area (Å²) in [6.45, 7) is 3.97. The van der Waals surface area contributed by atoms with Crippen LogP contribution in [0.5, 0.6) is 0 Å². The Balaban J connectivity index is 1.32. The summed E-state index contributed by atoms with van der Waals surface area (Å²) >= 11 is 1.35. The molecule has 0 atom stereocenters. The number of likely N-dealkylation sites (tertiary alicyclic amines) is 1. The van der Waals surface area contributed by atoms with E-state index in [1.807, 2.05) is 25.1 Å². The Labute approximate surface area is 177 Å². The van der Waals surface area contributed by atoms with Crippen LogP contribution in [0.3, 0.4) is 0 Å². The van der Waals surface area contributed by atoms with E-state index < -0.39 is 11.6 Å². The van der Waals surface area contributed by atoms with Crippen LogP contribution in [-0.2, 0) is 6.54 Å². The highest BCUT2D eigenvalue weighted by Gasteiger charge is 2.24. The number of pyridine rings is 1. The Kier molecular flexibility index (Phi) is 6.15. The lowest BCUT2D eigenvalue weighted by atomic mass is 10.0.